The summed E-state index contributed by atoms with van der Waals surface area (Å²) in [5.41, 5.74) is 0.385. The lowest BCUT2D eigenvalue weighted by molar-refractivity contribution is -0.153. The number of rotatable bonds is 4. The van der Waals surface area contributed by atoms with Crippen LogP contribution in [0.2, 0.25) is 0 Å². The molecule has 0 spiro atoms. The molecular weight excluding hydrogens is 208 g/mol. The minimum atomic E-state index is -0.443. The zero-order chi connectivity index (χ0) is 12.2. The third-order valence-electron chi connectivity index (χ3n) is 1.67. The van der Waals surface area contributed by atoms with Crippen molar-refractivity contribution in [3.63, 3.8) is 0 Å². The summed E-state index contributed by atoms with van der Waals surface area (Å²) in [6.07, 6.45) is 0. The van der Waals surface area contributed by atoms with Crippen molar-refractivity contribution in [2.24, 2.45) is 0 Å². The van der Waals surface area contributed by atoms with Gasteiger partial charge in [-0.15, -0.1) is 0 Å². The fourth-order valence-electron chi connectivity index (χ4n) is 1.16. The van der Waals surface area contributed by atoms with Crippen LogP contribution in [0.25, 0.3) is 0 Å². The highest BCUT2D eigenvalue weighted by Crippen LogP contribution is 2.06. The van der Waals surface area contributed by atoms with Gasteiger partial charge >= 0.3 is 5.97 Å². The summed E-state index contributed by atoms with van der Waals surface area (Å²) >= 11 is 0. The molecule has 0 atom stereocenters. The fourth-order valence-corrected chi connectivity index (χ4v) is 1.16. The zero-order valence-electron chi connectivity index (χ0n) is 10.2. The van der Waals surface area contributed by atoms with Gasteiger partial charge in [-0.1, -0.05) is 5.16 Å². The van der Waals surface area contributed by atoms with E-state index in [4.69, 9.17) is 9.26 Å². The standard InChI is InChI=1S/C11H18N2O3/c1-8-5-9(16-13-8)6-12-7-10(14)15-11(2,3)4/h5,12H,6-7H2,1-4H3. The highest BCUT2D eigenvalue weighted by atomic mass is 16.6. The molecule has 0 saturated heterocycles. The molecule has 0 fully saturated rings. The van der Waals surface area contributed by atoms with E-state index in [1.165, 1.54) is 0 Å². The number of hydrogen-bond acceptors (Lipinski definition) is 5. The fraction of sp³-hybridized carbons (Fsp3) is 0.636. The summed E-state index contributed by atoms with van der Waals surface area (Å²) in [6.45, 7) is 8.00. The topological polar surface area (TPSA) is 64.4 Å². The summed E-state index contributed by atoms with van der Waals surface area (Å²) in [6, 6.07) is 1.82. The van der Waals surface area contributed by atoms with Crippen LogP contribution in [-0.4, -0.2) is 23.3 Å². The molecule has 1 N–H and O–H groups in total. The molecule has 0 aliphatic heterocycles. The average Bonchev–Trinajstić information content (AvgIpc) is 2.48. The first kappa shape index (κ1) is 12.7. The number of ether oxygens (including phenoxy) is 1. The minimum Gasteiger partial charge on any atom is -0.459 e. The Morgan fingerprint density at radius 1 is 1.56 bits per heavy atom. The molecule has 1 aromatic heterocycles. The number of aryl methyl sites for hydroxylation is 1. The van der Waals surface area contributed by atoms with Gasteiger partial charge in [-0.2, -0.15) is 0 Å². The van der Waals surface area contributed by atoms with Crippen LogP contribution in [0.5, 0.6) is 0 Å². The second-order valence-electron chi connectivity index (χ2n) is 4.62. The second-order valence-corrected chi connectivity index (χ2v) is 4.62. The third kappa shape index (κ3) is 4.93. The van der Waals surface area contributed by atoms with Crippen molar-refractivity contribution in [2.75, 3.05) is 6.54 Å². The van der Waals surface area contributed by atoms with Crippen LogP contribution in [0.4, 0.5) is 0 Å². The van der Waals surface area contributed by atoms with E-state index in [9.17, 15) is 4.79 Å². The largest absolute Gasteiger partial charge is 0.459 e. The molecule has 5 heteroatoms. The molecule has 16 heavy (non-hydrogen) atoms. The minimum absolute atomic E-state index is 0.164. The normalized spacial score (nSPS) is 11.5. The molecule has 90 valence electrons. The molecule has 0 bridgehead atoms. The first-order valence-electron chi connectivity index (χ1n) is 5.21. The number of esters is 1. The molecule has 0 saturated carbocycles. The molecule has 1 rings (SSSR count). The van der Waals surface area contributed by atoms with Gasteiger partial charge in [0.1, 0.15) is 5.60 Å². The Kier molecular flexibility index (Phi) is 4.06. The molecule has 0 radical (unpaired) electrons. The van der Waals surface area contributed by atoms with Gasteiger partial charge in [-0.05, 0) is 27.7 Å². The van der Waals surface area contributed by atoms with Crippen molar-refractivity contribution in [2.45, 2.75) is 39.8 Å². The monoisotopic (exact) mass is 226 g/mol. The summed E-state index contributed by atoms with van der Waals surface area (Å²) in [4.78, 5) is 11.3. The van der Waals surface area contributed by atoms with Crippen LogP contribution in [0.1, 0.15) is 32.2 Å². The average molecular weight is 226 g/mol. The van der Waals surface area contributed by atoms with Gasteiger partial charge < -0.3 is 9.26 Å². The Morgan fingerprint density at radius 3 is 2.75 bits per heavy atom. The molecule has 0 aliphatic carbocycles. The van der Waals surface area contributed by atoms with Gasteiger partial charge in [0.2, 0.25) is 0 Å². The van der Waals surface area contributed by atoms with Gasteiger partial charge in [0.05, 0.1) is 18.8 Å². The van der Waals surface area contributed by atoms with Crippen LogP contribution in [0.15, 0.2) is 10.6 Å². The number of nitrogens with one attached hydrogen (secondary N) is 1. The summed E-state index contributed by atoms with van der Waals surface area (Å²) in [5, 5.41) is 6.67. The lowest BCUT2D eigenvalue weighted by atomic mass is 10.2. The van der Waals surface area contributed by atoms with E-state index >= 15 is 0 Å². The SMILES string of the molecule is Cc1cc(CNCC(=O)OC(C)(C)C)on1. The smallest absolute Gasteiger partial charge is 0.320 e. The lowest BCUT2D eigenvalue weighted by Crippen LogP contribution is -2.31. The predicted octanol–water partition coefficient (Wildman–Crippen LogP) is 1.41. The van der Waals surface area contributed by atoms with E-state index in [2.05, 4.69) is 10.5 Å². The second kappa shape index (κ2) is 5.12. The zero-order valence-corrected chi connectivity index (χ0v) is 10.2. The molecule has 0 aromatic carbocycles. The van der Waals surface area contributed by atoms with Crippen LogP contribution < -0.4 is 5.32 Å². The highest BCUT2D eigenvalue weighted by molar-refractivity contribution is 5.72. The summed E-state index contributed by atoms with van der Waals surface area (Å²) in [7, 11) is 0. The van der Waals surface area contributed by atoms with E-state index in [0.717, 1.165) is 5.69 Å². The first-order valence-corrected chi connectivity index (χ1v) is 5.21. The van der Waals surface area contributed by atoms with E-state index < -0.39 is 5.60 Å². The maximum Gasteiger partial charge on any atom is 0.320 e. The van der Waals surface area contributed by atoms with E-state index in [1.807, 2.05) is 33.8 Å². The maximum absolute atomic E-state index is 11.3. The van der Waals surface area contributed by atoms with Crippen LogP contribution >= 0.6 is 0 Å². The first-order chi connectivity index (χ1) is 7.37. The Hall–Kier alpha value is -1.36. The van der Waals surface area contributed by atoms with Gasteiger partial charge in [0, 0.05) is 6.07 Å². The van der Waals surface area contributed by atoms with Crippen LogP contribution in [-0.2, 0) is 16.1 Å². The van der Waals surface area contributed by atoms with Crippen molar-refractivity contribution >= 4 is 5.97 Å². The quantitative estimate of drug-likeness (QED) is 0.786. The number of aromatic nitrogens is 1. The van der Waals surface area contributed by atoms with Crippen molar-refractivity contribution in [1.82, 2.24) is 10.5 Å². The number of carbonyl (C=O) groups excluding carboxylic acids is 1. The van der Waals surface area contributed by atoms with Gasteiger partial charge in [-0.25, -0.2) is 0 Å². The Bertz CT molecular complexity index is 352. The molecule has 0 amide bonds. The van der Waals surface area contributed by atoms with E-state index in [1.54, 1.807) is 0 Å². The number of carbonyl (C=O) groups is 1. The molecular formula is C11H18N2O3. The molecule has 0 unspecified atom stereocenters. The molecule has 1 heterocycles. The van der Waals surface area contributed by atoms with Gasteiger partial charge in [0.25, 0.3) is 0 Å². The molecule has 0 aliphatic rings. The van der Waals surface area contributed by atoms with E-state index in [0.29, 0.717) is 12.3 Å². The summed E-state index contributed by atoms with van der Waals surface area (Å²) < 4.78 is 10.1. The Labute approximate surface area is 95.1 Å². The van der Waals surface area contributed by atoms with Gasteiger partial charge in [-0.3, -0.25) is 10.1 Å². The number of nitrogens with zero attached hydrogens (tertiary/aromatic N) is 1. The highest BCUT2D eigenvalue weighted by Gasteiger charge is 2.15. The summed E-state index contributed by atoms with van der Waals surface area (Å²) in [5.74, 6) is 0.435. The lowest BCUT2D eigenvalue weighted by Gasteiger charge is -2.19. The number of hydrogen-bond donors (Lipinski definition) is 1. The maximum atomic E-state index is 11.3. The third-order valence-corrected chi connectivity index (χ3v) is 1.67. The van der Waals surface area contributed by atoms with Crippen LogP contribution in [0.3, 0.4) is 0 Å². The van der Waals surface area contributed by atoms with Gasteiger partial charge in [0.15, 0.2) is 5.76 Å². The molecule has 1 aromatic rings. The van der Waals surface area contributed by atoms with E-state index in [-0.39, 0.29) is 12.5 Å². The Morgan fingerprint density at radius 2 is 2.25 bits per heavy atom. The Balaban J connectivity index is 2.23. The van der Waals surface area contributed by atoms with Crippen LogP contribution in [0, 0.1) is 6.92 Å². The van der Waals surface area contributed by atoms with Crippen molar-refractivity contribution in [3.8, 4) is 0 Å². The van der Waals surface area contributed by atoms with Crippen molar-refractivity contribution in [3.05, 3.63) is 17.5 Å². The van der Waals surface area contributed by atoms with Crippen molar-refractivity contribution in [1.29, 1.82) is 0 Å². The van der Waals surface area contributed by atoms with Crippen molar-refractivity contribution < 1.29 is 14.1 Å². The molecule has 5 nitrogen and oxygen atoms in total. The predicted molar refractivity (Wildman–Crippen MR) is 58.8 cm³/mol.